The number of aliphatic hydroxyl groups is 3. The molecule has 4 aliphatic rings. The number of fused-ring (bicyclic) bond motifs is 3. The molecule has 4 fully saturated rings. The van der Waals surface area contributed by atoms with Gasteiger partial charge in [0, 0.05) is 17.3 Å². The molecular formula is C32H56O4. The van der Waals surface area contributed by atoms with Gasteiger partial charge in [-0.25, -0.2) is 0 Å². The average Bonchev–Trinajstić information content (AvgIpc) is 2.79. The van der Waals surface area contributed by atoms with E-state index in [1.54, 1.807) is 6.92 Å². The molecule has 0 aliphatic heterocycles. The van der Waals surface area contributed by atoms with Crippen molar-refractivity contribution >= 4 is 5.78 Å². The van der Waals surface area contributed by atoms with Crippen LogP contribution in [0.5, 0.6) is 0 Å². The van der Waals surface area contributed by atoms with E-state index in [0.717, 1.165) is 25.7 Å². The molecule has 4 saturated carbocycles. The summed E-state index contributed by atoms with van der Waals surface area (Å²) < 4.78 is 0. The Hall–Kier alpha value is -0.450. The zero-order valence-corrected chi connectivity index (χ0v) is 25.0. The van der Waals surface area contributed by atoms with Crippen LogP contribution in [0.25, 0.3) is 0 Å². The van der Waals surface area contributed by atoms with E-state index in [-0.39, 0.29) is 63.5 Å². The highest BCUT2D eigenvalue weighted by Crippen LogP contribution is 2.75. The van der Waals surface area contributed by atoms with Gasteiger partial charge in [0.2, 0.25) is 0 Å². The quantitative estimate of drug-likeness (QED) is 0.443. The third-order valence-electron chi connectivity index (χ3n) is 14.5. The molecule has 0 aromatic rings. The molecule has 0 heterocycles. The summed E-state index contributed by atoms with van der Waals surface area (Å²) in [6.45, 7) is 24.5. The largest absolute Gasteiger partial charge is 0.392 e. The monoisotopic (exact) mass is 504 g/mol. The second-order valence-electron chi connectivity index (χ2n) is 15.4. The topological polar surface area (TPSA) is 77.8 Å². The zero-order chi connectivity index (χ0) is 27.3. The Morgan fingerprint density at radius 2 is 1.53 bits per heavy atom. The molecule has 15 atom stereocenters. The molecule has 0 saturated heterocycles. The van der Waals surface area contributed by atoms with Crippen LogP contribution in [0.1, 0.15) is 102 Å². The molecule has 36 heavy (non-hydrogen) atoms. The molecule has 3 N–H and O–H groups in total. The Morgan fingerprint density at radius 1 is 0.944 bits per heavy atom. The van der Waals surface area contributed by atoms with Crippen molar-refractivity contribution < 1.29 is 20.1 Å². The van der Waals surface area contributed by atoms with Crippen molar-refractivity contribution in [3.05, 3.63) is 0 Å². The normalized spacial score (nSPS) is 57.4. The predicted molar refractivity (Wildman–Crippen MR) is 145 cm³/mol. The highest BCUT2D eigenvalue weighted by Gasteiger charge is 2.74. The maximum Gasteiger partial charge on any atom is 0.135 e. The van der Waals surface area contributed by atoms with Gasteiger partial charge >= 0.3 is 0 Å². The van der Waals surface area contributed by atoms with Crippen molar-refractivity contribution in [2.45, 2.75) is 120 Å². The fourth-order valence-electron chi connectivity index (χ4n) is 11.5. The number of rotatable bonds is 3. The van der Waals surface area contributed by atoms with Gasteiger partial charge in [-0.05, 0) is 83.9 Å². The highest BCUT2D eigenvalue weighted by molar-refractivity contribution is 5.79. The van der Waals surface area contributed by atoms with Crippen molar-refractivity contribution in [3.8, 4) is 0 Å². The van der Waals surface area contributed by atoms with Crippen LogP contribution in [-0.4, -0.2) is 39.4 Å². The number of ketones is 1. The molecule has 4 heteroatoms. The molecule has 0 aromatic heterocycles. The second-order valence-corrected chi connectivity index (χ2v) is 15.4. The zero-order valence-electron chi connectivity index (χ0n) is 25.0. The lowest BCUT2D eigenvalue weighted by Gasteiger charge is -2.75. The summed E-state index contributed by atoms with van der Waals surface area (Å²) in [6.07, 6.45) is 2.18. The molecule has 0 aromatic carbocycles. The first-order chi connectivity index (χ1) is 16.4. The van der Waals surface area contributed by atoms with Gasteiger partial charge in [-0.1, -0.05) is 75.7 Å². The number of carbonyl (C=O) groups excluding carboxylic acids is 1. The van der Waals surface area contributed by atoms with Gasteiger partial charge in [0.25, 0.3) is 0 Å². The van der Waals surface area contributed by atoms with E-state index in [0.29, 0.717) is 11.8 Å². The van der Waals surface area contributed by atoms with Crippen molar-refractivity contribution in [3.63, 3.8) is 0 Å². The van der Waals surface area contributed by atoms with Crippen LogP contribution in [0.3, 0.4) is 0 Å². The smallest absolute Gasteiger partial charge is 0.135 e. The van der Waals surface area contributed by atoms with Gasteiger partial charge in [-0.3, -0.25) is 4.79 Å². The van der Waals surface area contributed by atoms with Crippen LogP contribution in [0.4, 0.5) is 0 Å². The van der Waals surface area contributed by atoms with Gasteiger partial charge in [-0.2, -0.15) is 0 Å². The molecular weight excluding hydrogens is 448 g/mol. The molecule has 4 rings (SSSR count). The minimum atomic E-state index is -0.728. The van der Waals surface area contributed by atoms with E-state index in [9.17, 15) is 20.1 Å². The van der Waals surface area contributed by atoms with Gasteiger partial charge in [0.1, 0.15) is 5.78 Å². The minimum absolute atomic E-state index is 0.0261. The average molecular weight is 505 g/mol. The van der Waals surface area contributed by atoms with Crippen LogP contribution >= 0.6 is 0 Å². The molecule has 208 valence electrons. The van der Waals surface area contributed by atoms with Crippen LogP contribution in [0, 0.1) is 74.9 Å². The van der Waals surface area contributed by atoms with Gasteiger partial charge in [-0.15, -0.1) is 0 Å². The van der Waals surface area contributed by atoms with E-state index < -0.39 is 23.7 Å². The SMILES string of the molecule is CCC(C)(C)C1CCC2C(C1O)C(O)C1C(C)C3(C)C(O)C(C(C)=O)C(C)CC3(C)C(C)C1(C)C2C. The van der Waals surface area contributed by atoms with Gasteiger partial charge < -0.3 is 15.3 Å². The molecule has 4 nitrogen and oxygen atoms in total. The van der Waals surface area contributed by atoms with E-state index >= 15 is 0 Å². The molecule has 0 radical (unpaired) electrons. The maximum absolute atomic E-state index is 12.7. The molecule has 0 spiro atoms. The Labute approximate surface area is 221 Å². The van der Waals surface area contributed by atoms with Crippen molar-refractivity contribution in [1.82, 2.24) is 0 Å². The lowest BCUT2D eigenvalue weighted by atomic mass is 9.30. The lowest BCUT2D eigenvalue weighted by Crippen LogP contribution is -2.75. The summed E-state index contributed by atoms with van der Waals surface area (Å²) in [6, 6.07) is 0. The number of Topliss-reactive ketones (excluding diaryl/α,β-unsaturated/α-hetero) is 1. The fourth-order valence-corrected chi connectivity index (χ4v) is 11.5. The third kappa shape index (κ3) is 3.32. The number of carbonyl (C=O) groups is 1. The van der Waals surface area contributed by atoms with Crippen molar-refractivity contribution in [2.24, 2.45) is 74.9 Å². The first-order valence-corrected chi connectivity index (χ1v) is 15.0. The van der Waals surface area contributed by atoms with E-state index in [1.807, 2.05) is 0 Å². The highest BCUT2D eigenvalue weighted by atomic mass is 16.3. The first-order valence-electron chi connectivity index (χ1n) is 15.0. The summed E-state index contributed by atoms with van der Waals surface area (Å²) in [5.41, 5.74) is -0.712. The number of hydrogen-bond acceptors (Lipinski definition) is 4. The fraction of sp³-hybridized carbons (Fsp3) is 0.969. The second kappa shape index (κ2) is 8.78. The Balaban J connectivity index is 1.83. The number of aliphatic hydroxyl groups excluding tert-OH is 3. The van der Waals surface area contributed by atoms with Crippen LogP contribution in [-0.2, 0) is 4.79 Å². The molecule has 0 amide bonds. The van der Waals surface area contributed by atoms with Crippen molar-refractivity contribution in [2.75, 3.05) is 0 Å². The first kappa shape index (κ1) is 28.6. The van der Waals surface area contributed by atoms with E-state index in [4.69, 9.17) is 0 Å². The predicted octanol–water partition coefficient (Wildman–Crippen LogP) is 5.96. The van der Waals surface area contributed by atoms with E-state index in [1.165, 1.54) is 0 Å². The molecule has 4 aliphatic carbocycles. The Bertz CT molecular complexity index is 868. The summed E-state index contributed by atoms with van der Waals surface area (Å²) >= 11 is 0. The van der Waals surface area contributed by atoms with Crippen LogP contribution in [0.15, 0.2) is 0 Å². The van der Waals surface area contributed by atoms with Gasteiger partial charge in [0.15, 0.2) is 0 Å². The maximum atomic E-state index is 12.7. The Morgan fingerprint density at radius 3 is 2.06 bits per heavy atom. The van der Waals surface area contributed by atoms with Crippen LogP contribution in [0.2, 0.25) is 0 Å². The summed E-state index contributed by atoms with van der Waals surface area (Å²) in [7, 11) is 0. The van der Waals surface area contributed by atoms with Gasteiger partial charge in [0.05, 0.1) is 18.3 Å². The summed E-state index contributed by atoms with van der Waals surface area (Å²) in [5, 5.41) is 36.1. The number of hydrogen-bond donors (Lipinski definition) is 3. The Kier molecular flexibility index (Phi) is 6.97. The standard InChI is InChI=1S/C32H56O4/c1-12-29(7,8)22-14-13-21-17(3)31(10)20(6)30(9)15-16(2)23(19(5)33)28(36)32(30,11)18(4)25(31)27(35)24(21)26(22)34/h16-18,20-28,34-36H,12-15H2,1-11H3. The molecule has 0 bridgehead atoms. The van der Waals surface area contributed by atoms with Crippen molar-refractivity contribution in [1.29, 1.82) is 0 Å². The van der Waals surface area contributed by atoms with E-state index in [2.05, 4.69) is 69.2 Å². The summed E-state index contributed by atoms with van der Waals surface area (Å²) in [5.74, 6) is 0.855. The minimum Gasteiger partial charge on any atom is -0.392 e. The molecule has 15 unspecified atom stereocenters. The third-order valence-corrected chi connectivity index (χ3v) is 14.5. The summed E-state index contributed by atoms with van der Waals surface area (Å²) in [4.78, 5) is 12.7. The van der Waals surface area contributed by atoms with Crippen LogP contribution < -0.4 is 0 Å². The lowest BCUT2D eigenvalue weighted by molar-refractivity contribution is -0.313.